The van der Waals surface area contributed by atoms with Crippen molar-refractivity contribution >= 4 is 16.7 Å². The fourth-order valence-corrected chi connectivity index (χ4v) is 5.13. The maximum absolute atomic E-state index is 13.4. The number of fused-ring (bicyclic) bond motifs is 2. The van der Waals surface area contributed by atoms with Crippen LogP contribution in [0.1, 0.15) is 54.1 Å². The molecule has 0 radical (unpaired) electrons. The highest BCUT2D eigenvalue weighted by Gasteiger charge is 2.31. The van der Waals surface area contributed by atoms with Gasteiger partial charge in [-0.2, -0.15) is 0 Å². The van der Waals surface area contributed by atoms with Crippen molar-refractivity contribution in [3.8, 4) is 5.75 Å². The van der Waals surface area contributed by atoms with Gasteiger partial charge in [0.1, 0.15) is 5.75 Å². The quantitative estimate of drug-likeness (QED) is 0.480. The molecule has 0 saturated carbocycles. The average molecular weight is 445 g/mol. The van der Waals surface area contributed by atoms with Crippen molar-refractivity contribution in [3.63, 3.8) is 0 Å². The molecule has 4 nitrogen and oxygen atoms in total. The number of amides is 1. The number of aryl methyl sites for hydroxylation is 2. The van der Waals surface area contributed by atoms with E-state index in [0.29, 0.717) is 6.42 Å². The van der Waals surface area contributed by atoms with E-state index in [2.05, 4.69) is 87.0 Å². The fourth-order valence-electron chi connectivity index (χ4n) is 5.13. The lowest BCUT2D eigenvalue weighted by Crippen LogP contribution is -2.50. The van der Waals surface area contributed by atoms with Gasteiger partial charge in [-0.25, -0.2) is 0 Å². The Balaban J connectivity index is 1.56. The molecule has 4 heteroatoms. The molecule has 0 aliphatic carbocycles. The zero-order chi connectivity index (χ0) is 23.7. The highest BCUT2D eigenvalue weighted by atomic mass is 16.5. The molecule has 0 N–H and O–H groups in total. The van der Waals surface area contributed by atoms with Crippen molar-refractivity contribution in [1.29, 1.82) is 0 Å². The van der Waals surface area contributed by atoms with Gasteiger partial charge in [-0.15, -0.1) is 0 Å². The van der Waals surface area contributed by atoms with Crippen molar-refractivity contribution in [2.24, 2.45) is 0 Å². The van der Waals surface area contributed by atoms with Crippen LogP contribution in [0.2, 0.25) is 0 Å². The van der Waals surface area contributed by atoms with Crippen LogP contribution in [-0.4, -0.2) is 42.6 Å². The lowest BCUT2D eigenvalue weighted by molar-refractivity contribution is -0.137. The number of methoxy groups -OCH3 is 1. The van der Waals surface area contributed by atoms with Gasteiger partial charge in [0.15, 0.2) is 0 Å². The number of rotatable bonds is 6. The molecule has 33 heavy (non-hydrogen) atoms. The summed E-state index contributed by atoms with van der Waals surface area (Å²) in [4.78, 5) is 17.8. The zero-order valence-electron chi connectivity index (χ0n) is 20.8. The standard InChI is InChI=1S/C29H36N2O2/c1-7-28(31-13-12-25-14-19(2)20(3)15-26(25)18-29(31)32)30(5)21(4)22-8-9-24-17-27(33-6)11-10-23(24)16-22/h8-11,14-17,21,28H,7,12-13,18H2,1-6H3. The van der Waals surface area contributed by atoms with E-state index in [1.807, 2.05) is 6.07 Å². The summed E-state index contributed by atoms with van der Waals surface area (Å²) in [6, 6.07) is 17.5. The van der Waals surface area contributed by atoms with E-state index in [1.54, 1.807) is 7.11 Å². The number of hydrogen-bond donors (Lipinski definition) is 0. The third kappa shape index (κ3) is 4.63. The van der Waals surface area contributed by atoms with Crippen molar-refractivity contribution < 1.29 is 9.53 Å². The number of hydrogen-bond acceptors (Lipinski definition) is 3. The Bertz CT molecular complexity index is 1170. The van der Waals surface area contributed by atoms with Crippen LogP contribution in [-0.2, 0) is 17.6 Å². The molecule has 0 saturated heterocycles. The summed E-state index contributed by atoms with van der Waals surface area (Å²) in [5.74, 6) is 1.10. The van der Waals surface area contributed by atoms with E-state index in [1.165, 1.54) is 38.6 Å². The minimum Gasteiger partial charge on any atom is -0.497 e. The van der Waals surface area contributed by atoms with Gasteiger partial charge < -0.3 is 9.64 Å². The number of carbonyl (C=O) groups excluding carboxylic acids is 1. The fraction of sp³-hybridized carbons (Fsp3) is 0.414. The van der Waals surface area contributed by atoms with Crippen molar-refractivity contribution in [2.45, 2.75) is 59.2 Å². The Morgan fingerprint density at radius 1 is 1.00 bits per heavy atom. The predicted molar refractivity (Wildman–Crippen MR) is 136 cm³/mol. The van der Waals surface area contributed by atoms with Crippen LogP contribution < -0.4 is 4.74 Å². The molecule has 2 atom stereocenters. The summed E-state index contributed by atoms with van der Waals surface area (Å²) in [5, 5.41) is 2.37. The number of ether oxygens (including phenoxy) is 1. The van der Waals surface area contributed by atoms with Gasteiger partial charge in [0.25, 0.3) is 0 Å². The maximum Gasteiger partial charge on any atom is 0.228 e. The average Bonchev–Trinajstić information content (AvgIpc) is 2.97. The Kier molecular flexibility index (Phi) is 6.76. The van der Waals surface area contributed by atoms with Crippen LogP contribution in [0.15, 0.2) is 48.5 Å². The van der Waals surface area contributed by atoms with Crippen LogP contribution in [0.25, 0.3) is 10.8 Å². The third-order valence-corrected chi connectivity index (χ3v) is 7.46. The molecule has 3 aromatic carbocycles. The second-order valence-electron chi connectivity index (χ2n) is 9.42. The molecule has 3 aromatic rings. The van der Waals surface area contributed by atoms with Gasteiger partial charge in [0.2, 0.25) is 5.91 Å². The lowest BCUT2D eigenvalue weighted by Gasteiger charge is -2.40. The third-order valence-electron chi connectivity index (χ3n) is 7.46. The second-order valence-corrected chi connectivity index (χ2v) is 9.42. The summed E-state index contributed by atoms with van der Waals surface area (Å²) in [6.45, 7) is 9.47. The van der Waals surface area contributed by atoms with E-state index in [0.717, 1.165) is 25.1 Å². The van der Waals surface area contributed by atoms with Crippen molar-refractivity contribution in [1.82, 2.24) is 9.80 Å². The maximum atomic E-state index is 13.4. The molecule has 1 aliphatic heterocycles. The Hall–Kier alpha value is -2.85. The van der Waals surface area contributed by atoms with E-state index >= 15 is 0 Å². The smallest absolute Gasteiger partial charge is 0.228 e. The SMILES string of the molecule is CCC(N1CCc2cc(C)c(C)cc2CC1=O)N(C)C(C)c1ccc2cc(OC)ccc2c1. The van der Waals surface area contributed by atoms with Gasteiger partial charge in [0, 0.05) is 12.6 Å². The van der Waals surface area contributed by atoms with Crippen LogP contribution in [0.5, 0.6) is 5.75 Å². The molecular formula is C29H36N2O2. The van der Waals surface area contributed by atoms with Crippen molar-refractivity contribution in [2.75, 3.05) is 20.7 Å². The normalized spacial score (nSPS) is 16.0. The Morgan fingerprint density at radius 2 is 1.67 bits per heavy atom. The molecule has 174 valence electrons. The van der Waals surface area contributed by atoms with Gasteiger partial charge in [-0.05, 0) is 97.4 Å². The summed E-state index contributed by atoms with van der Waals surface area (Å²) in [5.41, 5.74) is 6.35. The second kappa shape index (κ2) is 9.56. The molecule has 1 amide bonds. The molecule has 0 bridgehead atoms. The Labute approximate surface area is 198 Å². The van der Waals surface area contributed by atoms with Crippen molar-refractivity contribution in [3.05, 3.63) is 76.3 Å². The van der Waals surface area contributed by atoms with Gasteiger partial charge in [-0.3, -0.25) is 9.69 Å². The summed E-state index contributed by atoms with van der Waals surface area (Å²) in [7, 11) is 3.85. The minimum absolute atomic E-state index is 0.0653. The number of nitrogens with zero attached hydrogens (tertiary/aromatic N) is 2. The minimum atomic E-state index is 0.0653. The number of benzene rings is 3. The van der Waals surface area contributed by atoms with E-state index in [-0.39, 0.29) is 18.1 Å². The van der Waals surface area contributed by atoms with Gasteiger partial charge in [0.05, 0.1) is 19.7 Å². The molecule has 0 aromatic heterocycles. The summed E-state index contributed by atoms with van der Waals surface area (Å²) in [6.07, 6.45) is 2.37. The van der Waals surface area contributed by atoms with Gasteiger partial charge in [-0.1, -0.05) is 37.3 Å². The van der Waals surface area contributed by atoms with Gasteiger partial charge >= 0.3 is 0 Å². The highest BCUT2D eigenvalue weighted by Crippen LogP contribution is 2.30. The topological polar surface area (TPSA) is 32.8 Å². The lowest BCUT2D eigenvalue weighted by atomic mass is 9.97. The number of carbonyl (C=O) groups is 1. The first-order valence-corrected chi connectivity index (χ1v) is 12.0. The van der Waals surface area contributed by atoms with E-state index in [9.17, 15) is 4.79 Å². The first kappa shape index (κ1) is 23.3. The van der Waals surface area contributed by atoms with Crippen LogP contribution in [0, 0.1) is 13.8 Å². The monoisotopic (exact) mass is 444 g/mol. The van der Waals surface area contributed by atoms with Crippen LogP contribution >= 0.6 is 0 Å². The molecule has 4 rings (SSSR count). The Morgan fingerprint density at radius 3 is 2.36 bits per heavy atom. The predicted octanol–water partition coefficient (Wildman–Crippen LogP) is 5.82. The molecule has 0 spiro atoms. The molecule has 2 unspecified atom stereocenters. The highest BCUT2D eigenvalue weighted by molar-refractivity contribution is 5.84. The van der Waals surface area contributed by atoms with E-state index in [4.69, 9.17) is 4.74 Å². The molecule has 1 aliphatic rings. The molecule has 0 fully saturated rings. The summed E-state index contributed by atoms with van der Waals surface area (Å²) >= 11 is 0. The zero-order valence-corrected chi connectivity index (χ0v) is 20.8. The first-order chi connectivity index (χ1) is 15.8. The first-order valence-electron chi connectivity index (χ1n) is 12.0. The largest absolute Gasteiger partial charge is 0.497 e. The van der Waals surface area contributed by atoms with E-state index < -0.39 is 0 Å². The summed E-state index contributed by atoms with van der Waals surface area (Å²) < 4.78 is 5.36. The van der Waals surface area contributed by atoms with Crippen LogP contribution in [0.4, 0.5) is 0 Å². The molecule has 1 heterocycles. The van der Waals surface area contributed by atoms with Crippen LogP contribution in [0.3, 0.4) is 0 Å². The molecular weight excluding hydrogens is 408 g/mol.